The van der Waals surface area contributed by atoms with Gasteiger partial charge in [-0.3, -0.25) is 4.79 Å². The van der Waals surface area contributed by atoms with Crippen LogP contribution >= 0.6 is 0 Å². The maximum Gasteiger partial charge on any atom is 0.193 e. The van der Waals surface area contributed by atoms with Crippen LogP contribution in [0.15, 0.2) is 60.2 Å². The summed E-state index contributed by atoms with van der Waals surface area (Å²) in [5.74, 6) is 0.352. The normalized spacial score (nSPS) is 20.0. The molecule has 116 valence electrons. The molecule has 22 heavy (non-hydrogen) atoms. The van der Waals surface area contributed by atoms with E-state index in [4.69, 9.17) is 9.47 Å². The fourth-order valence-electron chi connectivity index (χ4n) is 2.35. The van der Waals surface area contributed by atoms with Gasteiger partial charge >= 0.3 is 0 Å². The van der Waals surface area contributed by atoms with E-state index in [1.807, 2.05) is 25.1 Å². The minimum Gasteiger partial charge on any atom is -0.502 e. The maximum absolute atomic E-state index is 12.7. The van der Waals surface area contributed by atoms with Gasteiger partial charge in [0.15, 0.2) is 5.78 Å². The van der Waals surface area contributed by atoms with Crippen molar-refractivity contribution in [2.24, 2.45) is 5.92 Å². The summed E-state index contributed by atoms with van der Waals surface area (Å²) in [6.07, 6.45) is 5.14. The zero-order valence-electron chi connectivity index (χ0n) is 12.7. The number of hydrogen-bond donors (Lipinski definition) is 0. The Morgan fingerprint density at radius 1 is 1.41 bits per heavy atom. The SMILES string of the molecule is CO/C(C)=C/C1C=C(/C=C/F)C(=O)c2ccccc2COC1. The van der Waals surface area contributed by atoms with Crippen LogP contribution in [0.1, 0.15) is 22.8 Å². The third-order valence-electron chi connectivity index (χ3n) is 3.50. The summed E-state index contributed by atoms with van der Waals surface area (Å²) < 4.78 is 23.5. The van der Waals surface area contributed by atoms with Gasteiger partial charge in [0.25, 0.3) is 0 Å². The molecule has 0 aliphatic carbocycles. The minimum atomic E-state index is -0.205. The van der Waals surface area contributed by atoms with Gasteiger partial charge in [0, 0.05) is 17.1 Å². The second-order valence-corrected chi connectivity index (χ2v) is 5.06. The average Bonchev–Trinajstić information content (AvgIpc) is 2.58. The molecule has 0 N–H and O–H groups in total. The van der Waals surface area contributed by atoms with Crippen molar-refractivity contribution < 1.29 is 18.7 Å². The lowest BCUT2D eigenvalue weighted by Gasteiger charge is -2.10. The second kappa shape index (κ2) is 7.71. The standard InChI is InChI=1S/C18H19FO3/c1-13(21-2)9-14-10-15(7-8-19)18(20)17-6-4-3-5-16(17)12-22-11-14/h3-10,14H,11-12H2,1-2H3/b8-7+,13-9+,15-10?. The van der Waals surface area contributed by atoms with Crippen LogP contribution in [-0.4, -0.2) is 19.5 Å². The van der Waals surface area contributed by atoms with Gasteiger partial charge < -0.3 is 9.47 Å². The van der Waals surface area contributed by atoms with E-state index in [2.05, 4.69) is 0 Å². The number of carbonyl (C=O) groups is 1. The highest BCUT2D eigenvalue weighted by Gasteiger charge is 2.18. The van der Waals surface area contributed by atoms with Gasteiger partial charge in [0.05, 0.1) is 32.4 Å². The Kier molecular flexibility index (Phi) is 5.67. The molecule has 0 amide bonds. The number of fused-ring (bicyclic) bond motifs is 1. The van der Waals surface area contributed by atoms with Gasteiger partial charge in [-0.05, 0) is 24.6 Å². The molecule has 1 aromatic rings. The number of ketones is 1. The van der Waals surface area contributed by atoms with Crippen molar-refractivity contribution in [2.75, 3.05) is 13.7 Å². The Morgan fingerprint density at radius 2 is 2.18 bits per heavy atom. The van der Waals surface area contributed by atoms with Crippen molar-refractivity contribution in [1.29, 1.82) is 0 Å². The van der Waals surface area contributed by atoms with Crippen LogP contribution in [-0.2, 0) is 16.1 Å². The number of Topliss-reactive ketones (excluding diaryl/α,β-unsaturated/α-hetero) is 1. The molecule has 0 bridgehead atoms. The summed E-state index contributed by atoms with van der Waals surface area (Å²) in [6, 6.07) is 7.23. The zero-order chi connectivity index (χ0) is 15.9. The Morgan fingerprint density at radius 3 is 2.91 bits per heavy atom. The van der Waals surface area contributed by atoms with Gasteiger partial charge in [0.1, 0.15) is 0 Å². The molecule has 1 unspecified atom stereocenters. The number of rotatable bonds is 3. The molecule has 1 aliphatic heterocycles. The van der Waals surface area contributed by atoms with Crippen molar-refractivity contribution >= 4 is 5.78 Å². The number of carbonyl (C=O) groups excluding carboxylic acids is 1. The van der Waals surface area contributed by atoms with E-state index in [0.29, 0.717) is 30.7 Å². The van der Waals surface area contributed by atoms with Crippen LogP contribution in [0, 0.1) is 5.92 Å². The molecule has 0 saturated heterocycles. The highest BCUT2D eigenvalue weighted by Crippen LogP contribution is 2.21. The quantitative estimate of drug-likeness (QED) is 0.792. The predicted octanol–water partition coefficient (Wildman–Crippen LogP) is 3.98. The molecule has 1 aromatic carbocycles. The van der Waals surface area contributed by atoms with Gasteiger partial charge in [-0.2, -0.15) is 0 Å². The lowest BCUT2D eigenvalue weighted by molar-refractivity contribution is 0.102. The Hall–Kier alpha value is -2.20. The average molecular weight is 302 g/mol. The minimum absolute atomic E-state index is 0.163. The van der Waals surface area contributed by atoms with Crippen molar-refractivity contribution in [3.05, 3.63) is 71.3 Å². The molecule has 3 nitrogen and oxygen atoms in total. The van der Waals surface area contributed by atoms with E-state index < -0.39 is 0 Å². The first-order valence-corrected chi connectivity index (χ1v) is 7.07. The topological polar surface area (TPSA) is 35.5 Å². The van der Waals surface area contributed by atoms with Crippen LogP contribution in [0.25, 0.3) is 0 Å². The number of hydrogen-bond acceptors (Lipinski definition) is 3. The molecule has 4 heteroatoms. The Labute approximate surface area is 129 Å². The van der Waals surface area contributed by atoms with E-state index in [9.17, 15) is 9.18 Å². The molecule has 2 rings (SSSR count). The van der Waals surface area contributed by atoms with E-state index in [0.717, 1.165) is 11.3 Å². The van der Waals surface area contributed by atoms with E-state index in [-0.39, 0.29) is 11.7 Å². The summed E-state index contributed by atoms with van der Waals surface area (Å²) in [6.45, 7) is 2.56. The first-order valence-electron chi connectivity index (χ1n) is 7.07. The maximum atomic E-state index is 12.7. The molecule has 0 fully saturated rings. The van der Waals surface area contributed by atoms with Crippen LogP contribution in [0.5, 0.6) is 0 Å². The van der Waals surface area contributed by atoms with Crippen molar-refractivity contribution in [2.45, 2.75) is 13.5 Å². The second-order valence-electron chi connectivity index (χ2n) is 5.06. The molecule has 1 aliphatic rings. The molecule has 0 saturated carbocycles. The largest absolute Gasteiger partial charge is 0.502 e. The summed E-state index contributed by atoms with van der Waals surface area (Å²) >= 11 is 0. The smallest absolute Gasteiger partial charge is 0.193 e. The number of benzene rings is 1. The highest BCUT2D eigenvalue weighted by molar-refractivity contribution is 6.11. The number of halogens is 1. The monoisotopic (exact) mass is 302 g/mol. The molecule has 1 atom stereocenters. The molecule has 1 heterocycles. The summed E-state index contributed by atoms with van der Waals surface area (Å²) in [4.78, 5) is 12.6. The Bertz CT molecular complexity index is 629. The van der Waals surface area contributed by atoms with Gasteiger partial charge in [0.2, 0.25) is 0 Å². The van der Waals surface area contributed by atoms with Gasteiger partial charge in [-0.15, -0.1) is 0 Å². The fourth-order valence-corrected chi connectivity index (χ4v) is 2.35. The number of ether oxygens (including phenoxy) is 2. The van der Waals surface area contributed by atoms with E-state index >= 15 is 0 Å². The van der Waals surface area contributed by atoms with Crippen molar-refractivity contribution in [3.8, 4) is 0 Å². The van der Waals surface area contributed by atoms with Crippen LogP contribution in [0.3, 0.4) is 0 Å². The first-order chi connectivity index (χ1) is 10.7. The van der Waals surface area contributed by atoms with Crippen LogP contribution in [0.4, 0.5) is 4.39 Å². The van der Waals surface area contributed by atoms with E-state index in [1.54, 1.807) is 25.3 Å². The number of allylic oxidation sites excluding steroid dienone is 3. The number of methoxy groups -OCH3 is 1. The predicted molar refractivity (Wildman–Crippen MR) is 83.0 cm³/mol. The van der Waals surface area contributed by atoms with Gasteiger partial charge in [-0.1, -0.05) is 30.3 Å². The van der Waals surface area contributed by atoms with Crippen molar-refractivity contribution in [1.82, 2.24) is 0 Å². The van der Waals surface area contributed by atoms with Crippen LogP contribution in [0.2, 0.25) is 0 Å². The summed E-state index contributed by atoms with van der Waals surface area (Å²) in [5, 5.41) is 0. The third kappa shape index (κ3) is 3.92. The summed E-state index contributed by atoms with van der Waals surface area (Å²) in [5.41, 5.74) is 1.66. The zero-order valence-corrected chi connectivity index (χ0v) is 12.7. The van der Waals surface area contributed by atoms with Gasteiger partial charge in [-0.25, -0.2) is 4.39 Å². The molecule has 0 radical (unpaired) electrons. The lowest BCUT2D eigenvalue weighted by atomic mass is 9.96. The molecular weight excluding hydrogens is 283 g/mol. The molecule has 0 aromatic heterocycles. The first kappa shape index (κ1) is 16.2. The van der Waals surface area contributed by atoms with E-state index in [1.165, 1.54) is 6.08 Å². The third-order valence-corrected chi connectivity index (χ3v) is 3.50. The fraction of sp³-hybridized carbons (Fsp3) is 0.278. The van der Waals surface area contributed by atoms with Crippen molar-refractivity contribution in [3.63, 3.8) is 0 Å². The van der Waals surface area contributed by atoms with Crippen LogP contribution < -0.4 is 0 Å². The molecular formula is C18H19FO3. The molecule has 0 spiro atoms. The summed E-state index contributed by atoms with van der Waals surface area (Å²) in [7, 11) is 1.58. The lowest BCUT2D eigenvalue weighted by Crippen LogP contribution is -2.06. The Balaban J connectivity index is 2.45. The highest BCUT2D eigenvalue weighted by atomic mass is 19.1.